The Hall–Kier alpha value is -1.36. The van der Waals surface area contributed by atoms with Crippen LogP contribution in [0.5, 0.6) is 0 Å². The molecule has 0 unspecified atom stereocenters. The minimum Gasteiger partial charge on any atom is -0.338 e. The summed E-state index contributed by atoms with van der Waals surface area (Å²) in [5.41, 5.74) is 0. The van der Waals surface area contributed by atoms with Crippen molar-refractivity contribution < 1.29 is 13.2 Å². The zero-order valence-electron chi connectivity index (χ0n) is 8.17. The first kappa shape index (κ1) is 10.2. The Morgan fingerprint density at radius 3 is 2.27 bits per heavy atom. The van der Waals surface area contributed by atoms with Gasteiger partial charge in [0.2, 0.25) is 5.91 Å². The molecule has 1 heterocycles. The highest BCUT2D eigenvalue weighted by molar-refractivity contribution is 7.92. The SMILES string of the molecule is C[C@@H]1C(=O)N[C@H]1S(=O)(=O)c1ccccc1. The number of benzene rings is 1. The van der Waals surface area contributed by atoms with E-state index >= 15 is 0 Å². The van der Waals surface area contributed by atoms with E-state index in [-0.39, 0.29) is 10.8 Å². The second-order valence-corrected chi connectivity index (χ2v) is 5.65. The van der Waals surface area contributed by atoms with Gasteiger partial charge in [-0.25, -0.2) is 8.42 Å². The van der Waals surface area contributed by atoms with Gasteiger partial charge in [-0.15, -0.1) is 0 Å². The highest BCUT2D eigenvalue weighted by Crippen LogP contribution is 2.25. The number of carbonyl (C=O) groups is 1. The van der Waals surface area contributed by atoms with Crippen LogP contribution in [0.15, 0.2) is 35.2 Å². The first-order valence-electron chi connectivity index (χ1n) is 4.63. The van der Waals surface area contributed by atoms with Gasteiger partial charge in [-0.3, -0.25) is 4.79 Å². The summed E-state index contributed by atoms with van der Waals surface area (Å²) in [6.07, 6.45) is 0. The molecule has 4 nitrogen and oxygen atoms in total. The van der Waals surface area contributed by atoms with Crippen molar-refractivity contribution in [3.05, 3.63) is 30.3 Å². The summed E-state index contributed by atoms with van der Waals surface area (Å²) < 4.78 is 23.9. The lowest BCUT2D eigenvalue weighted by molar-refractivity contribution is -0.131. The maximum Gasteiger partial charge on any atom is 0.227 e. The maximum absolute atomic E-state index is 12.0. The predicted molar refractivity (Wildman–Crippen MR) is 54.7 cm³/mol. The Kier molecular flexibility index (Phi) is 2.26. The highest BCUT2D eigenvalue weighted by Gasteiger charge is 2.45. The normalized spacial score (nSPS) is 25.5. The standard InChI is InChI=1S/C10H11NO3S/c1-7-9(12)11-10(7)15(13,14)8-5-3-2-4-6-8/h2-7,10H,1H3,(H,11,12)/t7-,10+/m1/s1. The average Bonchev–Trinajstić information content (AvgIpc) is 2.26. The van der Waals surface area contributed by atoms with Crippen molar-refractivity contribution in [2.75, 3.05) is 0 Å². The summed E-state index contributed by atoms with van der Waals surface area (Å²) >= 11 is 0. The van der Waals surface area contributed by atoms with Crippen LogP contribution in [0, 0.1) is 5.92 Å². The molecule has 2 rings (SSSR count). The molecular weight excluding hydrogens is 214 g/mol. The molecular formula is C10H11NO3S. The second kappa shape index (κ2) is 3.34. The first-order chi connectivity index (χ1) is 7.03. The van der Waals surface area contributed by atoms with E-state index in [0.717, 1.165) is 0 Å². The molecule has 0 saturated carbocycles. The molecule has 1 aliphatic rings. The first-order valence-corrected chi connectivity index (χ1v) is 6.17. The summed E-state index contributed by atoms with van der Waals surface area (Å²) in [6, 6.07) is 8.15. The Balaban J connectivity index is 2.34. The van der Waals surface area contributed by atoms with Gasteiger partial charge >= 0.3 is 0 Å². The summed E-state index contributed by atoms with van der Waals surface area (Å²) in [5, 5.41) is 1.63. The van der Waals surface area contributed by atoms with Crippen molar-refractivity contribution in [2.45, 2.75) is 17.2 Å². The molecule has 1 saturated heterocycles. The fourth-order valence-electron chi connectivity index (χ4n) is 1.54. The molecule has 0 bridgehead atoms. The lowest BCUT2D eigenvalue weighted by atomic mass is 10.1. The van der Waals surface area contributed by atoms with Gasteiger partial charge in [0.05, 0.1) is 10.8 Å². The number of rotatable bonds is 2. The number of carbonyl (C=O) groups excluding carboxylic acids is 1. The predicted octanol–water partition coefficient (Wildman–Crippen LogP) is 0.552. The summed E-state index contributed by atoms with van der Waals surface area (Å²) in [5.74, 6) is -0.672. The third-order valence-electron chi connectivity index (χ3n) is 2.56. The zero-order chi connectivity index (χ0) is 11.1. The van der Waals surface area contributed by atoms with Crippen LogP contribution < -0.4 is 5.32 Å². The van der Waals surface area contributed by atoms with Crippen molar-refractivity contribution in [2.24, 2.45) is 5.92 Å². The van der Waals surface area contributed by atoms with E-state index in [0.29, 0.717) is 0 Å². The number of hydrogen-bond acceptors (Lipinski definition) is 3. The lowest BCUT2D eigenvalue weighted by Gasteiger charge is -2.33. The molecule has 1 aliphatic heterocycles. The minimum atomic E-state index is -3.42. The van der Waals surface area contributed by atoms with E-state index in [2.05, 4.69) is 5.32 Å². The van der Waals surface area contributed by atoms with Gasteiger partial charge in [0, 0.05) is 0 Å². The van der Waals surface area contributed by atoms with Crippen LogP contribution in [0.1, 0.15) is 6.92 Å². The molecule has 15 heavy (non-hydrogen) atoms. The molecule has 2 atom stereocenters. The van der Waals surface area contributed by atoms with Gasteiger partial charge in [-0.1, -0.05) is 25.1 Å². The number of sulfone groups is 1. The summed E-state index contributed by atoms with van der Waals surface area (Å²) in [6.45, 7) is 1.62. The number of hydrogen-bond donors (Lipinski definition) is 1. The fraction of sp³-hybridized carbons (Fsp3) is 0.300. The van der Waals surface area contributed by atoms with Crippen LogP contribution in [0.3, 0.4) is 0 Å². The smallest absolute Gasteiger partial charge is 0.227 e. The van der Waals surface area contributed by atoms with Crippen molar-refractivity contribution >= 4 is 15.7 Å². The molecule has 0 spiro atoms. The summed E-state index contributed by atoms with van der Waals surface area (Å²) in [4.78, 5) is 11.2. The van der Waals surface area contributed by atoms with Gasteiger partial charge < -0.3 is 5.32 Å². The molecule has 1 N–H and O–H groups in total. The van der Waals surface area contributed by atoms with Gasteiger partial charge in [0.15, 0.2) is 9.84 Å². The lowest BCUT2D eigenvalue weighted by Crippen LogP contribution is -2.60. The van der Waals surface area contributed by atoms with Crippen LogP contribution in [0.2, 0.25) is 0 Å². The van der Waals surface area contributed by atoms with E-state index in [1.165, 1.54) is 12.1 Å². The third-order valence-corrected chi connectivity index (χ3v) is 4.68. The summed E-state index contributed by atoms with van der Waals surface area (Å²) in [7, 11) is -3.42. The van der Waals surface area contributed by atoms with Gasteiger partial charge in [0.25, 0.3) is 0 Å². The minimum absolute atomic E-state index is 0.209. The molecule has 0 aromatic heterocycles. The van der Waals surface area contributed by atoms with E-state index in [4.69, 9.17) is 0 Å². The van der Waals surface area contributed by atoms with Crippen molar-refractivity contribution in [3.8, 4) is 0 Å². The van der Waals surface area contributed by atoms with Crippen molar-refractivity contribution in [3.63, 3.8) is 0 Å². The molecule has 80 valence electrons. The van der Waals surface area contributed by atoms with E-state index in [9.17, 15) is 13.2 Å². The third kappa shape index (κ3) is 1.52. The van der Waals surface area contributed by atoms with Gasteiger partial charge in [-0.2, -0.15) is 0 Å². The number of β-lactam (4-membered cyclic amide) rings is 1. The van der Waals surface area contributed by atoms with E-state index in [1.807, 2.05) is 0 Å². The van der Waals surface area contributed by atoms with Crippen LogP contribution >= 0.6 is 0 Å². The van der Waals surface area contributed by atoms with Crippen molar-refractivity contribution in [1.29, 1.82) is 0 Å². The fourth-order valence-corrected chi connectivity index (χ4v) is 3.30. The quantitative estimate of drug-likeness (QED) is 0.748. The van der Waals surface area contributed by atoms with Crippen LogP contribution in [-0.4, -0.2) is 19.7 Å². The van der Waals surface area contributed by atoms with Gasteiger partial charge in [-0.05, 0) is 12.1 Å². The number of nitrogens with one attached hydrogen (secondary N) is 1. The molecule has 5 heteroatoms. The topological polar surface area (TPSA) is 63.2 Å². The Morgan fingerprint density at radius 2 is 1.80 bits per heavy atom. The Morgan fingerprint density at radius 1 is 1.20 bits per heavy atom. The van der Waals surface area contributed by atoms with Crippen molar-refractivity contribution in [1.82, 2.24) is 5.32 Å². The van der Waals surface area contributed by atoms with Crippen LogP contribution in [-0.2, 0) is 14.6 Å². The second-order valence-electron chi connectivity index (χ2n) is 3.58. The van der Waals surface area contributed by atoms with Gasteiger partial charge in [0.1, 0.15) is 5.37 Å². The molecule has 1 aromatic rings. The monoisotopic (exact) mass is 225 g/mol. The highest BCUT2D eigenvalue weighted by atomic mass is 32.2. The molecule has 0 radical (unpaired) electrons. The van der Waals surface area contributed by atoms with E-state index < -0.39 is 21.1 Å². The van der Waals surface area contributed by atoms with E-state index in [1.54, 1.807) is 25.1 Å². The molecule has 1 fully saturated rings. The number of amides is 1. The molecule has 0 aliphatic carbocycles. The van der Waals surface area contributed by atoms with Crippen LogP contribution in [0.25, 0.3) is 0 Å². The largest absolute Gasteiger partial charge is 0.338 e. The Labute approximate surface area is 88.2 Å². The van der Waals surface area contributed by atoms with Crippen LogP contribution in [0.4, 0.5) is 0 Å². The Bertz CT molecular complexity index is 481. The molecule has 1 aromatic carbocycles. The molecule has 1 amide bonds. The average molecular weight is 225 g/mol. The zero-order valence-corrected chi connectivity index (χ0v) is 8.99. The maximum atomic E-state index is 12.0.